The molecule has 2 aromatic heterocycles. The highest BCUT2D eigenvalue weighted by molar-refractivity contribution is 5.98. The number of aromatic nitrogens is 3. The largest absolute Gasteiger partial charge is 0.397 e. The fourth-order valence-corrected chi connectivity index (χ4v) is 1.30. The minimum absolute atomic E-state index is 0.242. The Balaban J connectivity index is 1.88. The average Bonchev–Trinajstić information content (AvgIpc) is 2.82. The maximum atomic E-state index is 11.7. The number of hydrogen-bond acceptors (Lipinski definition) is 6. The summed E-state index contributed by atoms with van der Waals surface area (Å²) in [5.74, 6) is 0.307. The van der Waals surface area contributed by atoms with E-state index in [0.717, 1.165) is 0 Å². The fourth-order valence-electron chi connectivity index (χ4n) is 1.30. The van der Waals surface area contributed by atoms with Crippen LogP contribution < -0.4 is 11.1 Å². The van der Waals surface area contributed by atoms with E-state index in [4.69, 9.17) is 5.73 Å². The molecule has 0 saturated heterocycles. The first-order valence-electron chi connectivity index (χ1n) is 5.00. The van der Waals surface area contributed by atoms with Crippen molar-refractivity contribution in [3.8, 4) is 0 Å². The van der Waals surface area contributed by atoms with Crippen LogP contribution in [0.5, 0.6) is 0 Å². The van der Waals surface area contributed by atoms with E-state index >= 15 is 0 Å². The molecule has 0 bridgehead atoms. The van der Waals surface area contributed by atoms with E-state index < -0.39 is 0 Å². The minimum Gasteiger partial charge on any atom is -0.397 e. The summed E-state index contributed by atoms with van der Waals surface area (Å²) in [6.45, 7) is 0.417. The van der Waals surface area contributed by atoms with Gasteiger partial charge in [-0.15, -0.1) is 0 Å². The van der Waals surface area contributed by atoms with E-state index in [1.54, 1.807) is 6.07 Å². The van der Waals surface area contributed by atoms with Gasteiger partial charge in [0.25, 0.3) is 5.91 Å². The molecule has 2 heterocycles. The van der Waals surface area contributed by atoms with Crippen LogP contribution in [0.15, 0.2) is 29.4 Å². The zero-order valence-electron chi connectivity index (χ0n) is 8.96. The van der Waals surface area contributed by atoms with Crippen molar-refractivity contribution in [3.05, 3.63) is 36.2 Å². The SMILES string of the molecule is Nc1cnccc1C(=O)NCCc1ncon1. The van der Waals surface area contributed by atoms with E-state index in [1.165, 1.54) is 18.8 Å². The number of amides is 1. The van der Waals surface area contributed by atoms with E-state index in [-0.39, 0.29) is 5.91 Å². The van der Waals surface area contributed by atoms with Gasteiger partial charge < -0.3 is 15.6 Å². The Morgan fingerprint density at radius 2 is 2.41 bits per heavy atom. The maximum Gasteiger partial charge on any atom is 0.253 e. The molecule has 17 heavy (non-hydrogen) atoms. The van der Waals surface area contributed by atoms with Crippen LogP contribution in [-0.2, 0) is 6.42 Å². The minimum atomic E-state index is -0.242. The number of carbonyl (C=O) groups excluding carboxylic acids is 1. The highest BCUT2D eigenvalue weighted by Gasteiger charge is 2.08. The summed E-state index contributed by atoms with van der Waals surface area (Å²) in [5, 5.41) is 6.34. The molecule has 0 aliphatic carbocycles. The summed E-state index contributed by atoms with van der Waals surface area (Å²) in [4.78, 5) is 19.4. The maximum absolute atomic E-state index is 11.7. The number of rotatable bonds is 4. The molecule has 0 unspecified atom stereocenters. The monoisotopic (exact) mass is 233 g/mol. The van der Waals surface area contributed by atoms with Crippen molar-refractivity contribution in [2.24, 2.45) is 0 Å². The second-order valence-electron chi connectivity index (χ2n) is 3.32. The average molecular weight is 233 g/mol. The third-order valence-electron chi connectivity index (χ3n) is 2.14. The molecule has 0 atom stereocenters. The number of nitrogens with two attached hydrogens (primary N) is 1. The predicted octanol–water partition coefficient (Wildman–Crippen LogP) is 0.0193. The van der Waals surface area contributed by atoms with Crippen LogP contribution in [0.1, 0.15) is 16.2 Å². The molecule has 2 aromatic rings. The molecule has 0 aliphatic rings. The Morgan fingerprint density at radius 3 is 3.12 bits per heavy atom. The number of pyridine rings is 1. The Hall–Kier alpha value is -2.44. The van der Waals surface area contributed by atoms with E-state index in [0.29, 0.717) is 30.0 Å². The Morgan fingerprint density at radius 1 is 1.53 bits per heavy atom. The normalized spacial score (nSPS) is 10.1. The van der Waals surface area contributed by atoms with Crippen LogP contribution in [0, 0.1) is 0 Å². The molecule has 3 N–H and O–H groups in total. The Kier molecular flexibility index (Phi) is 3.29. The van der Waals surface area contributed by atoms with Crippen molar-refractivity contribution in [1.82, 2.24) is 20.4 Å². The van der Waals surface area contributed by atoms with Gasteiger partial charge in [0.2, 0.25) is 6.39 Å². The molecule has 0 aromatic carbocycles. The number of nitrogens with one attached hydrogen (secondary N) is 1. The van der Waals surface area contributed by atoms with E-state index in [9.17, 15) is 4.79 Å². The molecule has 0 spiro atoms. The van der Waals surface area contributed by atoms with Gasteiger partial charge in [-0.3, -0.25) is 9.78 Å². The summed E-state index contributed by atoms with van der Waals surface area (Å²) in [7, 11) is 0. The van der Waals surface area contributed by atoms with Crippen LogP contribution in [0.25, 0.3) is 0 Å². The van der Waals surface area contributed by atoms with Crippen molar-refractivity contribution in [2.75, 3.05) is 12.3 Å². The first-order valence-corrected chi connectivity index (χ1v) is 5.00. The second-order valence-corrected chi connectivity index (χ2v) is 3.32. The molecule has 0 saturated carbocycles. The Labute approximate surface area is 97.0 Å². The lowest BCUT2D eigenvalue weighted by Crippen LogP contribution is -2.26. The molecule has 88 valence electrons. The fraction of sp³-hybridized carbons (Fsp3) is 0.200. The van der Waals surface area contributed by atoms with Gasteiger partial charge in [-0.2, -0.15) is 4.98 Å². The van der Waals surface area contributed by atoms with Crippen molar-refractivity contribution in [3.63, 3.8) is 0 Å². The quantitative estimate of drug-likeness (QED) is 0.770. The third kappa shape index (κ3) is 2.77. The number of nitrogens with zero attached hydrogens (tertiary/aromatic N) is 3. The Bertz CT molecular complexity index is 497. The zero-order chi connectivity index (χ0) is 12.1. The van der Waals surface area contributed by atoms with Crippen LogP contribution in [-0.4, -0.2) is 27.6 Å². The molecule has 1 amide bonds. The summed E-state index contributed by atoms with van der Waals surface area (Å²) in [6.07, 6.45) is 4.71. The standard InChI is InChI=1S/C10H11N5O2/c11-8-5-12-3-1-7(8)10(16)13-4-2-9-14-6-17-15-9/h1,3,5-6H,2,4,11H2,(H,13,16). The van der Waals surface area contributed by atoms with Crippen LogP contribution in [0.3, 0.4) is 0 Å². The molecular formula is C10H11N5O2. The van der Waals surface area contributed by atoms with Gasteiger partial charge in [0.1, 0.15) is 0 Å². The summed E-state index contributed by atoms with van der Waals surface area (Å²) in [5.41, 5.74) is 6.39. The highest BCUT2D eigenvalue weighted by atomic mass is 16.5. The van der Waals surface area contributed by atoms with Crippen molar-refractivity contribution >= 4 is 11.6 Å². The van der Waals surface area contributed by atoms with Crippen LogP contribution >= 0.6 is 0 Å². The van der Waals surface area contributed by atoms with Crippen molar-refractivity contribution in [2.45, 2.75) is 6.42 Å². The first kappa shape index (κ1) is 11.1. The molecule has 0 fully saturated rings. The van der Waals surface area contributed by atoms with Crippen LogP contribution in [0.4, 0.5) is 5.69 Å². The van der Waals surface area contributed by atoms with Crippen molar-refractivity contribution < 1.29 is 9.32 Å². The summed E-state index contributed by atoms with van der Waals surface area (Å²) >= 11 is 0. The zero-order valence-corrected chi connectivity index (χ0v) is 8.96. The predicted molar refractivity (Wildman–Crippen MR) is 59.0 cm³/mol. The van der Waals surface area contributed by atoms with E-state index in [1.807, 2.05) is 0 Å². The van der Waals surface area contributed by atoms with Gasteiger partial charge in [-0.25, -0.2) is 0 Å². The number of hydrogen-bond donors (Lipinski definition) is 2. The van der Waals surface area contributed by atoms with Gasteiger partial charge in [0, 0.05) is 19.2 Å². The van der Waals surface area contributed by atoms with Gasteiger partial charge in [-0.1, -0.05) is 5.16 Å². The molecule has 7 nitrogen and oxygen atoms in total. The molecule has 7 heteroatoms. The van der Waals surface area contributed by atoms with Gasteiger partial charge in [0.15, 0.2) is 5.82 Å². The number of nitrogen functional groups attached to an aromatic ring is 1. The smallest absolute Gasteiger partial charge is 0.253 e. The van der Waals surface area contributed by atoms with Crippen molar-refractivity contribution in [1.29, 1.82) is 0 Å². The lowest BCUT2D eigenvalue weighted by molar-refractivity contribution is 0.0954. The summed E-state index contributed by atoms with van der Waals surface area (Å²) < 4.78 is 4.57. The van der Waals surface area contributed by atoms with E-state index in [2.05, 4.69) is 25.0 Å². The van der Waals surface area contributed by atoms with Crippen LogP contribution in [0.2, 0.25) is 0 Å². The lowest BCUT2D eigenvalue weighted by atomic mass is 10.2. The molecular weight excluding hydrogens is 222 g/mol. The van der Waals surface area contributed by atoms with Gasteiger partial charge >= 0.3 is 0 Å². The highest BCUT2D eigenvalue weighted by Crippen LogP contribution is 2.07. The molecule has 0 radical (unpaired) electrons. The molecule has 2 rings (SSSR count). The second kappa shape index (κ2) is 5.06. The number of carbonyl (C=O) groups is 1. The molecule has 0 aliphatic heterocycles. The first-order chi connectivity index (χ1) is 8.27. The summed E-state index contributed by atoms with van der Waals surface area (Å²) in [6, 6.07) is 1.57. The van der Waals surface area contributed by atoms with Gasteiger partial charge in [0.05, 0.1) is 17.4 Å². The number of anilines is 1. The van der Waals surface area contributed by atoms with Gasteiger partial charge in [-0.05, 0) is 6.07 Å². The topological polar surface area (TPSA) is 107 Å². The third-order valence-corrected chi connectivity index (χ3v) is 2.14. The lowest BCUT2D eigenvalue weighted by Gasteiger charge is -2.05.